The van der Waals surface area contributed by atoms with Crippen LogP contribution in [0.15, 0.2) is 48.5 Å². The Morgan fingerprint density at radius 3 is 2.31 bits per heavy atom. The Morgan fingerprint density at radius 2 is 1.69 bits per heavy atom. The maximum Gasteiger partial charge on any atom is 0.296 e. The van der Waals surface area contributed by atoms with Gasteiger partial charge in [-0.15, -0.1) is 0 Å². The molecule has 0 saturated heterocycles. The fourth-order valence-electron chi connectivity index (χ4n) is 3.18. The van der Waals surface area contributed by atoms with Crippen LogP contribution in [0.3, 0.4) is 0 Å². The lowest BCUT2D eigenvalue weighted by Gasteiger charge is -2.19. The molecule has 8 nitrogen and oxygen atoms in total. The summed E-state index contributed by atoms with van der Waals surface area (Å²) < 4.78 is 87.8. The highest BCUT2D eigenvalue weighted by Crippen LogP contribution is 2.38. The first-order valence-electron chi connectivity index (χ1n) is 10.1. The van der Waals surface area contributed by atoms with Gasteiger partial charge in [0.05, 0.1) is 17.1 Å². The number of rotatable bonds is 9. The van der Waals surface area contributed by atoms with Crippen LogP contribution in [0.1, 0.15) is 23.6 Å². The highest BCUT2D eigenvalue weighted by molar-refractivity contribution is 14.1. The molecule has 0 fully saturated rings. The fourth-order valence-corrected chi connectivity index (χ4v) is 4.85. The minimum Gasteiger partial charge on any atom is -0.455 e. The van der Waals surface area contributed by atoms with E-state index in [9.17, 15) is 25.6 Å². The topological polar surface area (TPSA) is 128 Å². The molecule has 0 atom stereocenters. The Kier molecular flexibility index (Phi) is 8.24. The number of nitrogens with one attached hydrogen (secondary N) is 2. The highest BCUT2D eigenvalue weighted by atomic mass is 127. The predicted molar refractivity (Wildman–Crippen MR) is 139 cm³/mol. The molecule has 0 spiro atoms. The van der Waals surface area contributed by atoms with Gasteiger partial charge in [0.25, 0.3) is 10.2 Å². The van der Waals surface area contributed by atoms with Gasteiger partial charge in [-0.1, -0.05) is 12.1 Å². The molecule has 0 amide bonds. The van der Waals surface area contributed by atoms with E-state index < -0.39 is 31.9 Å². The molecule has 0 unspecified atom stereocenters. The maximum atomic E-state index is 14.6. The first-order valence-corrected chi connectivity index (χ1v) is 14.4. The van der Waals surface area contributed by atoms with Crippen molar-refractivity contribution in [1.82, 2.24) is 0 Å². The smallest absolute Gasteiger partial charge is 0.296 e. The molecule has 188 valence electrons. The van der Waals surface area contributed by atoms with E-state index in [0.29, 0.717) is 9.13 Å². The van der Waals surface area contributed by atoms with Gasteiger partial charge in [-0.25, -0.2) is 22.3 Å². The van der Waals surface area contributed by atoms with E-state index >= 15 is 0 Å². The van der Waals surface area contributed by atoms with E-state index in [0.717, 1.165) is 12.1 Å². The molecular formula is C22H22F2IN3O5S2. The van der Waals surface area contributed by atoms with Crippen LogP contribution in [0.4, 0.5) is 20.2 Å². The van der Waals surface area contributed by atoms with E-state index in [-0.39, 0.29) is 46.2 Å². The zero-order valence-corrected chi connectivity index (χ0v) is 22.4. The Balaban J connectivity index is 2.10. The van der Waals surface area contributed by atoms with Gasteiger partial charge in [0.15, 0.2) is 5.75 Å². The molecular weight excluding hydrogens is 615 g/mol. The number of benzene rings is 3. The normalized spacial score (nSPS) is 11.8. The molecule has 3 rings (SSSR count). The molecule has 3 aromatic rings. The van der Waals surface area contributed by atoms with Crippen molar-refractivity contribution in [3.63, 3.8) is 0 Å². The summed E-state index contributed by atoms with van der Waals surface area (Å²) in [5.41, 5.74) is 0.718. The summed E-state index contributed by atoms with van der Waals surface area (Å²) in [7, 11) is -7.90. The fraction of sp³-hybridized carbons (Fsp3) is 0.182. The average Bonchev–Trinajstić information content (AvgIpc) is 2.74. The molecule has 0 heterocycles. The second-order valence-corrected chi connectivity index (χ2v) is 12.1. The summed E-state index contributed by atoms with van der Waals surface area (Å²) in [6, 6.07) is 11.0. The van der Waals surface area contributed by atoms with Crippen LogP contribution in [0.25, 0.3) is 0 Å². The van der Waals surface area contributed by atoms with Crippen molar-refractivity contribution in [3.8, 4) is 11.5 Å². The van der Waals surface area contributed by atoms with Crippen molar-refractivity contribution in [2.24, 2.45) is 5.14 Å². The number of sulfonamides is 1. The van der Waals surface area contributed by atoms with Gasteiger partial charge in [-0.2, -0.15) is 8.42 Å². The van der Waals surface area contributed by atoms with Gasteiger partial charge in [-0.3, -0.25) is 9.44 Å². The third-order valence-corrected chi connectivity index (χ3v) is 7.39. The van der Waals surface area contributed by atoms with Crippen molar-refractivity contribution >= 4 is 54.2 Å². The van der Waals surface area contributed by atoms with Gasteiger partial charge >= 0.3 is 0 Å². The predicted octanol–water partition coefficient (Wildman–Crippen LogP) is 4.64. The summed E-state index contributed by atoms with van der Waals surface area (Å²) in [5, 5.41) is 5.18. The van der Waals surface area contributed by atoms with Crippen LogP contribution in [-0.4, -0.2) is 22.6 Å². The second kappa shape index (κ2) is 10.6. The van der Waals surface area contributed by atoms with Crippen molar-refractivity contribution in [2.75, 3.05) is 15.2 Å². The summed E-state index contributed by atoms with van der Waals surface area (Å²) in [5.74, 6) is -1.56. The largest absolute Gasteiger partial charge is 0.455 e. The zero-order chi connectivity index (χ0) is 26.0. The summed E-state index contributed by atoms with van der Waals surface area (Å²) in [4.78, 5) is 0. The van der Waals surface area contributed by atoms with E-state index in [2.05, 4.69) is 9.44 Å². The number of anilines is 2. The molecule has 0 aliphatic heterocycles. The zero-order valence-electron chi connectivity index (χ0n) is 18.6. The molecule has 0 aromatic heterocycles. The third-order valence-electron chi connectivity index (χ3n) is 4.94. The first-order chi connectivity index (χ1) is 16.3. The van der Waals surface area contributed by atoms with Crippen LogP contribution in [0.2, 0.25) is 0 Å². The van der Waals surface area contributed by atoms with Crippen molar-refractivity contribution in [3.05, 3.63) is 80.4 Å². The van der Waals surface area contributed by atoms with Gasteiger partial charge in [0.1, 0.15) is 17.4 Å². The van der Waals surface area contributed by atoms with Crippen LogP contribution < -0.4 is 19.3 Å². The number of ether oxygens (including phenoxy) is 1. The molecule has 0 aliphatic rings. The second-order valence-electron chi connectivity index (χ2n) is 7.53. The molecule has 0 bridgehead atoms. The Bertz CT molecular complexity index is 1480. The average molecular weight is 637 g/mol. The SMILES string of the molecule is CCS(=O)(=O)Nc1cccc(Oc2cc(F)cc(Cc3ccc(I)cc3F)c2NS(N)(=O)=O)c1C. The molecule has 4 N–H and O–H groups in total. The van der Waals surface area contributed by atoms with Gasteiger partial charge in [0.2, 0.25) is 10.0 Å². The minimum absolute atomic E-state index is 0.0784. The van der Waals surface area contributed by atoms with Crippen molar-refractivity contribution in [2.45, 2.75) is 20.3 Å². The lowest BCUT2D eigenvalue weighted by atomic mass is 10.0. The molecule has 3 aromatic carbocycles. The lowest BCUT2D eigenvalue weighted by molar-refractivity contribution is 0.475. The van der Waals surface area contributed by atoms with E-state index in [1.54, 1.807) is 13.0 Å². The number of halogens is 3. The number of hydrogen-bond acceptors (Lipinski definition) is 5. The number of nitrogens with two attached hydrogens (primary N) is 1. The summed E-state index contributed by atoms with van der Waals surface area (Å²) in [6.45, 7) is 3.06. The highest BCUT2D eigenvalue weighted by Gasteiger charge is 2.20. The molecule has 35 heavy (non-hydrogen) atoms. The molecule has 0 aliphatic carbocycles. The molecule has 0 radical (unpaired) electrons. The van der Waals surface area contributed by atoms with E-state index in [1.807, 2.05) is 22.6 Å². The summed E-state index contributed by atoms with van der Waals surface area (Å²) in [6.07, 6.45) is -0.163. The van der Waals surface area contributed by atoms with E-state index in [4.69, 9.17) is 9.88 Å². The summed E-state index contributed by atoms with van der Waals surface area (Å²) >= 11 is 1.95. The van der Waals surface area contributed by atoms with E-state index in [1.165, 1.54) is 37.3 Å². The monoisotopic (exact) mass is 637 g/mol. The van der Waals surface area contributed by atoms with Crippen molar-refractivity contribution < 1.29 is 30.4 Å². The molecule has 0 saturated carbocycles. The Hall–Kier alpha value is -2.49. The lowest BCUT2D eigenvalue weighted by Crippen LogP contribution is -2.23. The van der Waals surface area contributed by atoms with Crippen molar-refractivity contribution in [1.29, 1.82) is 0 Å². The van der Waals surface area contributed by atoms with Gasteiger partial charge in [-0.05, 0) is 77.9 Å². The van der Waals surface area contributed by atoms with Crippen LogP contribution >= 0.6 is 22.6 Å². The van der Waals surface area contributed by atoms with Crippen LogP contribution in [0.5, 0.6) is 11.5 Å². The Morgan fingerprint density at radius 1 is 0.971 bits per heavy atom. The quantitative estimate of drug-likeness (QED) is 0.295. The first kappa shape index (κ1) is 27.1. The van der Waals surface area contributed by atoms with Crippen LogP contribution in [-0.2, 0) is 26.7 Å². The molecule has 13 heteroatoms. The standard InChI is InChI=1S/C22H22F2IN3O5S2/c1-3-34(29,30)27-19-5-4-6-20(13(19)2)33-21-11-16(23)10-15(22(21)28-35(26,31)32)9-14-7-8-17(25)12-18(14)24/h4-8,10-12,27-28H,3,9H2,1-2H3,(H2,26,31,32). The minimum atomic E-state index is -4.32. The van der Waals surface area contributed by atoms with Gasteiger partial charge < -0.3 is 4.74 Å². The maximum absolute atomic E-state index is 14.6. The third kappa shape index (κ3) is 7.25. The number of hydrogen-bond donors (Lipinski definition) is 3. The van der Waals surface area contributed by atoms with Gasteiger partial charge in [0, 0.05) is 21.6 Å². The Labute approximate surface area is 216 Å². The van der Waals surface area contributed by atoms with Crippen LogP contribution in [0, 0.1) is 22.1 Å².